The number of hydrogen-bond donors (Lipinski definition) is 1. The average Bonchev–Trinajstić information content (AvgIpc) is 3.00. The zero-order chi connectivity index (χ0) is 17.6. The molecule has 25 heavy (non-hydrogen) atoms. The predicted molar refractivity (Wildman–Crippen MR) is 80.9 cm³/mol. The fourth-order valence-corrected chi connectivity index (χ4v) is 2.64. The van der Waals surface area contributed by atoms with E-state index in [1.165, 1.54) is 23.0 Å². The summed E-state index contributed by atoms with van der Waals surface area (Å²) >= 11 is 0. The maximum Gasteiger partial charge on any atom is 0.269 e. The molecule has 6 nitrogen and oxygen atoms in total. The third-order valence-electron chi connectivity index (χ3n) is 3.77. The molecule has 0 atom stereocenters. The van der Waals surface area contributed by atoms with Gasteiger partial charge >= 0.3 is 0 Å². The standard InChI is InChI=1S/C16H10F3N5O/c17-8-5-9(18)14(10(19)6-8)15-20-2-1-11(22-15)12-7-13-16(25)21-3-4-24(13)23-12/h1-2,5-7H,3-4H2,(H,21,25). The van der Waals surface area contributed by atoms with E-state index >= 15 is 0 Å². The number of aromatic nitrogens is 4. The van der Waals surface area contributed by atoms with Crippen molar-refractivity contribution in [1.29, 1.82) is 0 Å². The molecule has 0 aliphatic carbocycles. The lowest BCUT2D eigenvalue weighted by molar-refractivity contribution is 0.0924. The second-order valence-corrected chi connectivity index (χ2v) is 5.40. The van der Waals surface area contributed by atoms with Gasteiger partial charge in [0.25, 0.3) is 5.91 Å². The van der Waals surface area contributed by atoms with E-state index in [9.17, 15) is 18.0 Å². The topological polar surface area (TPSA) is 72.7 Å². The van der Waals surface area contributed by atoms with Crippen molar-refractivity contribution < 1.29 is 18.0 Å². The molecular weight excluding hydrogens is 335 g/mol. The minimum absolute atomic E-state index is 0.233. The third kappa shape index (κ3) is 2.63. The van der Waals surface area contributed by atoms with Crippen molar-refractivity contribution in [3.05, 3.63) is 53.6 Å². The largest absolute Gasteiger partial charge is 0.349 e. The molecule has 126 valence electrons. The van der Waals surface area contributed by atoms with Gasteiger partial charge in [0.05, 0.1) is 17.8 Å². The minimum Gasteiger partial charge on any atom is -0.349 e. The van der Waals surface area contributed by atoms with Gasteiger partial charge in [-0.25, -0.2) is 23.1 Å². The van der Waals surface area contributed by atoms with Crippen LogP contribution in [0.1, 0.15) is 10.5 Å². The first-order valence-electron chi connectivity index (χ1n) is 7.37. The summed E-state index contributed by atoms with van der Waals surface area (Å²) in [7, 11) is 0. The second-order valence-electron chi connectivity index (χ2n) is 5.40. The van der Waals surface area contributed by atoms with Crippen molar-refractivity contribution in [2.24, 2.45) is 0 Å². The first kappa shape index (κ1) is 15.3. The van der Waals surface area contributed by atoms with Crippen LogP contribution in [0.2, 0.25) is 0 Å². The van der Waals surface area contributed by atoms with E-state index in [1.807, 2.05) is 0 Å². The van der Waals surface area contributed by atoms with Crippen molar-refractivity contribution >= 4 is 5.91 Å². The van der Waals surface area contributed by atoms with Gasteiger partial charge in [0, 0.05) is 24.9 Å². The summed E-state index contributed by atoms with van der Waals surface area (Å²) in [6.45, 7) is 0.980. The van der Waals surface area contributed by atoms with Gasteiger partial charge in [0.1, 0.15) is 28.8 Å². The van der Waals surface area contributed by atoms with E-state index in [4.69, 9.17) is 0 Å². The summed E-state index contributed by atoms with van der Waals surface area (Å²) in [6.07, 6.45) is 1.32. The Morgan fingerprint density at radius 3 is 2.56 bits per heavy atom. The molecule has 0 bridgehead atoms. The molecule has 3 aromatic rings. The van der Waals surface area contributed by atoms with Crippen molar-refractivity contribution in [3.63, 3.8) is 0 Å². The number of carbonyl (C=O) groups excluding carboxylic acids is 1. The molecule has 1 amide bonds. The van der Waals surface area contributed by atoms with Gasteiger partial charge in [-0.05, 0) is 12.1 Å². The highest BCUT2D eigenvalue weighted by molar-refractivity contribution is 5.94. The molecule has 0 radical (unpaired) electrons. The summed E-state index contributed by atoms with van der Waals surface area (Å²) in [5.41, 5.74) is 0.520. The average molecular weight is 345 g/mol. The van der Waals surface area contributed by atoms with E-state index in [1.54, 1.807) is 0 Å². The summed E-state index contributed by atoms with van der Waals surface area (Å²) < 4.78 is 42.5. The molecular formula is C16H10F3N5O. The van der Waals surface area contributed by atoms with Crippen molar-refractivity contribution in [1.82, 2.24) is 25.1 Å². The summed E-state index contributed by atoms with van der Waals surface area (Å²) in [5.74, 6) is -3.71. The molecule has 1 aromatic carbocycles. The monoisotopic (exact) mass is 345 g/mol. The van der Waals surface area contributed by atoms with Gasteiger partial charge in [-0.3, -0.25) is 9.48 Å². The van der Waals surface area contributed by atoms with Crippen LogP contribution < -0.4 is 5.32 Å². The lowest BCUT2D eigenvalue weighted by Gasteiger charge is -2.13. The number of fused-ring (bicyclic) bond motifs is 1. The Bertz CT molecular complexity index is 978. The van der Waals surface area contributed by atoms with E-state index < -0.39 is 23.0 Å². The van der Waals surface area contributed by atoms with Crippen LogP contribution in [0.3, 0.4) is 0 Å². The molecule has 2 aromatic heterocycles. The van der Waals surface area contributed by atoms with Crippen LogP contribution in [-0.2, 0) is 6.54 Å². The Morgan fingerprint density at radius 1 is 1.08 bits per heavy atom. The Hall–Kier alpha value is -3.23. The van der Waals surface area contributed by atoms with Crippen LogP contribution in [0, 0.1) is 17.5 Å². The number of nitrogens with one attached hydrogen (secondary N) is 1. The lowest BCUT2D eigenvalue weighted by atomic mass is 10.1. The van der Waals surface area contributed by atoms with Crippen molar-refractivity contribution in [2.45, 2.75) is 6.54 Å². The van der Waals surface area contributed by atoms with E-state index in [2.05, 4.69) is 20.4 Å². The Balaban J connectivity index is 1.80. The molecule has 0 unspecified atom stereocenters. The smallest absolute Gasteiger partial charge is 0.269 e. The fourth-order valence-electron chi connectivity index (χ4n) is 2.64. The highest BCUT2D eigenvalue weighted by Crippen LogP contribution is 2.26. The fraction of sp³-hybridized carbons (Fsp3) is 0.125. The molecule has 0 saturated heterocycles. The summed E-state index contributed by atoms with van der Waals surface area (Å²) in [6, 6.07) is 4.18. The number of amides is 1. The summed E-state index contributed by atoms with van der Waals surface area (Å²) in [5, 5.41) is 6.98. The third-order valence-corrected chi connectivity index (χ3v) is 3.77. The zero-order valence-electron chi connectivity index (χ0n) is 12.6. The predicted octanol–water partition coefficient (Wildman–Crippen LogP) is 2.17. The first-order chi connectivity index (χ1) is 12.0. The molecule has 0 fully saturated rings. The van der Waals surface area contributed by atoms with Crippen molar-refractivity contribution in [2.75, 3.05) is 6.54 Å². The number of carbonyl (C=O) groups is 1. The van der Waals surface area contributed by atoms with Crippen LogP contribution >= 0.6 is 0 Å². The maximum atomic E-state index is 13.9. The van der Waals surface area contributed by atoms with E-state index in [-0.39, 0.29) is 11.7 Å². The second kappa shape index (κ2) is 5.69. The molecule has 0 spiro atoms. The molecule has 9 heteroatoms. The molecule has 1 aliphatic heterocycles. The molecule has 0 saturated carbocycles. The molecule has 3 heterocycles. The zero-order valence-corrected chi connectivity index (χ0v) is 12.6. The Kier molecular flexibility index (Phi) is 3.48. The summed E-state index contributed by atoms with van der Waals surface area (Å²) in [4.78, 5) is 19.8. The van der Waals surface area contributed by atoms with Crippen LogP contribution in [0.5, 0.6) is 0 Å². The minimum atomic E-state index is -1.10. The van der Waals surface area contributed by atoms with Gasteiger partial charge in [-0.1, -0.05) is 0 Å². The SMILES string of the molecule is O=C1NCCn2nc(-c3ccnc(-c4c(F)cc(F)cc4F)n3)cc21. The number of hydrogen-bond acceptors (Lipinski definition) is 4. The number of halogens is 3. The maximum absolute atomic E-state index is 13.9. The van der Waals surface area contributed by atoms with Gasteiger partial charge in [-0.15, -0.1) is 0 Å². The molecule has 1 aliphatic rings. The van der Waals surface area contributed by atoms with Crippen LogP contribution in [-0.4, -0.2) is 32.2 Å². The van der Waals surface area contributed by atoms with E-state index in [0.717, 1.165) is 0 Å². The van der Waals surface area contributed by atoms with Crippen LogP contribution in [0.25, 0.3) is 22.8 Å². The quantitative estimate of drug-likeness (QED) is 0.773. The van der Waals surface area contributed by atoms with E-state index in [0.29, 0.717) is 42.3 Å². The van der Waals surface area contributed by atoms with Gasteiger partial charge in [-0.2, -0.15) is 5.10 Å². The van der Waals surface area contributed by atoms with Crippen molar-refractivity contribution in [3.8, 4) is 22.8 Å². The number of benzene rings is 1. The highest BCUT2D eigenvalue weighted by Gasteiger charge is 2.21. The molecule has 4 rings (SSSR count). The Morgan fingerprint density at radius 2 is 1.84 bits per heavy atom. The Labute approximate surface area is 139 Å². The normalized spacial score (nSPS) is 13.5. The number of rotatable bonds is 2. The van der Waals surface area contributed by atoms with Gasteiger partial charge < -0.3 is 5.32 Å². The first-order valence-corrected chi connectivity index (χ1v) is 7.37. The van der Waals surface area contributed by atoms with Crippen LogP contribution in [0.15, 0.2) is 30.5 Å². The van der Waals surface area contributed by atoms with Gasteiger partial charge in [0.2, 0.25) is 0 Å². The van der Waals surface area contributed by atoms with Gasteiger partial charge in [0.15, 0.2) is 5.82 Å². The van der Waals surface area contributed by atoms with Crippen LogP contribution in [0.4, 0.5) is 13.2 Å². The molecule has 1 N–H and O–H groups in total. The number of nitrogens with zero attached hydrogens (tertiary/aromatic N) is 4. The highest BCUT2D eigenvalue weighted by atomic mass is 19.1. The lowest BCUT2D eigenvalue weighted by Crippen LogP contribution is -2.35.